The Morgan fingerprint density at radius 2 is 1.67 bits per heavy atom. The van der Waals surface area contributed by atoms with Crippen molar-refractivity contribution in [3.63, 3.8) is 0 Å². The molecule has 0 bridgehead atoms. The lowest BCUT2D eigenvalue weighted by Gasteiger charge is -2.36. The van der Waals surface area contributed by atoms with E-state index in [0.29, 0.717) is 36.4 Å². The average molecular weight is 613 g/mol. The Bertz CT molecular complexity index is 1410. The third-order valence-corrected chi connectivity index (χ3v) is 8.23. The van der Waals surface area contributed by atoms with Gasteiger partial charge in [-0.05, 0) is 78.6 Å². The van der Waals surface area contributed by atoms with E-state index >= 15 is 0 Å². The molecule has 6 nitrogen and oxygen atoms in total. The van der Waals surface area contributed by atoms with Crippen molar-refractivity contribution in [3.8, 4) is 5.75 Å². The second-order valence-corrected chi connectivity index (χ2v) is 11.9. The molecular formula is C31H34F6N2O4. The van der Waals surface area contributed by atoms with Crippen molar-refractivity contribution in [1.29, 1.82) is 0 Å². The molecule has 1 heterocycles. The number of ether oxygens (including phenoxy) is 2. The van der Waals surface area contributed by atoms with Gasteiger partial charge in [-0.25, -0.2) is 4.79 Å². The maximum absolute atomic E-state index is 13.5. The van der Waals surface area contributed by atoms with Crippen LogP contribution in [0.5, 0.6) is 5.75 Å². The maximum atomic E-state index is 13.5. The van der Waals surface area contributed by atoms with Gasteiger partial charge >= 0.3 is 18.4 Å². The quantitative estimate of drug-likeness (QED) is 0.308. The maximum Gasteiger partial charge on any atom is 0.416 e. The second kappa shape index (κ2) is 11.4. The van der Waals surface area contributed by atoms with Gasteiger partial charge in [0.1, 0.15) is 11.9 Å². The van der Waals surface area contributed by atoms with E-state index in [4.69, 9.17) is 9.47 Å². The smallest absolute Gasteiger partial charge is 0.416 e. The molecule has 2 aromatic rings. The number of alkyl halides is 6. The summed E-state index contributed by atoms with van der Waals surface area (Å²) in [6.07, 6.45) is -10.2. The van der Waals surface area contributed by atoms with Crippen molar-refractivity contribution in [2.45, 2.75) is 71.5 Å². The molecule has 0 spiro atoms. The van der Waals surface area contributed by atoms with Crippen molar-refractivity contribution in [3.05, 3.63) is 64.2 Å². The Morgan fingerprint density at radius 3 is 2.21 bits per heavy atom. The molecule has 43 heavy (non-hydrogen) atoms. The number of hydrogen-bond donors (Lipinski definition) is 0. The van der Waals surface area contributed by atoms with Crippen LogP contribution in [0.4, 0.5) is 36.8 Å². The lowest BCUT2D eigenvalue weighted by Crippen LogP contribution is -2.35. The Labute approximate surface area is 246 Å². The molecule has 1 aliphatic carbocycles. The monoisotopic (exact) mass is 612 g/mol. The van der Waals surface area contributed by atoms with Gasteiger partial charge in [0.25, 0.3) is 0 Å². The minimum atomic E-state index is -5.03. The summed E-state index contributed by atoms with van der Waals surface area (Å²) in [5.74, 6) is 0.365. The molecule has 1 saturated heterocycles. The summed E-state index contributed by atoms with van der Waals surface area (Å²) in [5, 5.41) is 0. The highest BCUT2D eigenvalue weighted by atomic mass is 19.4. The molecule has 1 aliphatic heterocycles. The zero-order valence-corrected chi connectivity index (χ0v) is 24.7. The van der Waals surface area contributed by atoms with Crippen molar-refractivity contribution in [1.82, 2.24) is 4.90 Å². The van der Waals surface area contributed by atoms with E-state index in [9.17, 15) is 35.9 Å². The molecule has 0 saturated carbocycles. The first kappa shape index (κ1) is 32.2. The first-order valence-electron chi connectivity index (χ1n) is 13.7. The van der Waals surface area contributed by atoms with E-state index in [1.807, 2.05) is 6.07 Å². The van der Waals surface area contributed by atoms with Gasteiger partial charge in [-0.1, -0.05) is 13.8 Å². The number of anilines is 1. The number of hydrogen-bond acceptors (Lipinski definition) is 4. The number of carbonyl (C=O) groups is 2. The summed E-state index contributed by atoms with van der Waals surface area (Å²) in [6, 6.07) is 5.78. The first-order chi connectivity index (χ1) is 19.8. The number of allylic oxidation sites excluding steroid dienone is 1. The zero-order chi connectivity index (χ0) is 32.1. The largest absolute Gasteiger partial charge is 0.496 e. The summed E-state index contributed by atoms with van der Waals surface area (Å²) in [4.78, 5) is 27.8. The van der Waals surface area contributed by atoms with Crippen molar-refractivity contribution in [2.24, 2.45) is 5.41 Å². The Morgan fingerprint density at radius 1 is 1.07 bits per heavy atom. The van der Waals surface area contributed by atoms with Crippen LogP contribution in [0.1, 0.15) is 75.3 Å². The molecule has 2 amide bonds. The van der Waals surface area contributed by atoms with Gasteiger partial charge in [0.05, 0.1) is 24.3 Å². The lowest BCUT2D eigenvalue weighted by molar-refractivity contribution is -0.143. The van der Waals surface area contributed by atoms with Gasteiger partial charge in [0.2, 0.25) is 5.91 Å². The predicted octanol–water partition coefficient (Wildman–Crippen LogP) is 8.26. The molecule has 1 fully saturated rings. The summed E-state index contributed by atoms with van der Waals surface area (Å²) < 4.78 is 92.1. The van der Waals surface area contributed by atoms with Crippen LogP contribution in [0.2, 0.25) is 0 Å². The molecule has 4 rings (SSSR count). The molecule has 234 valence electrons. The zero-order valence-electron chi connectivity index (χ0n) is 24.7. The fourth-order valence-electron chi connectivity index (χ4n) is 5.72. The number of nitrogens with zero attached hydrogens (tertiary/aromatic N) is 2. The molecule has 0 aromatic heterocycles. The van der Waals surface area contributed by atoms with Crippen LogP contribution in [-0.4, -0.2) is 43.6 Å². The number of benzene rings is 2. The third-order valence-electron chi connectivity index (χ3n) is 8.23. The van der Waals surface area contributed by atoms with Crippen LogP contribution < -0.4 is 9.64 Å². The van der Waals surface area contributed by atoms with Gasteiger partial charge in [-0.15, -0.1) is 0 Å². The molecule has 0 N–H and O–H groups in total. The van der Waals surface area contributed by atoms with Crippen molar-refractivity contribution < 1.29 is 45.4 Å². The molecule has 2 aliphatic rings. The molecule has 0 radical (unpaired) electrons. The second-order valence-electron chi connectivity index (χ2n) is 11.9. The number of rotatable bonds is 6. The van der Waals surface area contributed by atoms with Gasteiger partial charge in [0, 0.05) is 37.8 Å². The fraction of sp³-hybridized carbons (Fsp3) is 0.484. The summed E-state index contributed by atoms with van der Waals surface area (Å²) in [7, 11) is 3.15. The van der Waals surface area contributed by atoms with E-state index in [1.54, 1.807) is 26.1 Å². The van der Waals surface area contributed by atoms with Crippen LogP contribution in [0.3, 0.4) is 0 Å². The minimum absolute atomic E-state index is 0.0523. The molecular weight excluding hydrogens is 578 g/mol. The normalized spacial score (nSPS) is 20.7. The van der Waals surface area contributed by atoms with Gasteiger partial charge in [-0.2, -0.15) is 26.3 Å². The number of methoxy groups -OCH3 is 1. The van der Waals surface area contributed by atoms with E-state index < -0.39 is 41.7 Å². The minimum Gasteiger partial charge on any atom is -0.496 e. The summed E-state index contributed by atoms with van der Waals surface area (Å²) in [6.45, 7) is 7.23. The summed E-state index contributed by atoms with van der Waals surface area (Å²) >= 11 is 0. The number of carbonyl (C=O) groups excluding carboxylic acids is 2. The highest BCUT2D eigenvalue weighted by molar-refractivity contribution is 5.91. The van der Waals surface area contributed by atoms with Gasteiger partial charge < -0.3 is 14.4 Å². The molecule has 0 unspecified atom stereocenters. The van der Waals surface area contributed by atoms with Gasteiger partial charge in [-0.3, -0.25) is 9.69 Å². The number of cyclic esters (lactones) is 1. The third kappa shape index (κ3) is 6.78. The van der Waals surface area contributed by atoms with Crippen molar-refractivity contribution >= 4 is 23.3 Å². The lowest BCUT2D eigenvalue weighted by atomic mass is 9.72. The average Bonchev–Trinajstić information content (AvgIpc) is 3.19. The molecule has 2 aromatic carbocycles. The predicted molar refractivity (Wildman–Crippen MR) is 148 cm³/mol. The van der Waals surface area contributed by atoms with Crippen LogP contribution in [0.25, 0.3) is 5.57 Å². The Hall–Kier alpha value is -3.70. The SMILES string of the molecule is COc1cc(N(C)C(C)=O)ccc1C1=C(CN2C(=O)O[C@@H](c3cc(C(F)(F)F)cc(C(F)(F)F)c3)[C@@H]2C)CC(C)(C)CC1. The number of halogens is 6. The van der Waals surface area contributed by atoms with Crippen LogP contribution >= 0.6 is 0 Å². The van der Waals surface area contributed by atoms with E-state index in [2.05, 4.69) is 13.8 Å². The standard InChI is InChI=1S/C31H34F6N2O4/c1-17-27(19-11-21(30(32,33)34)13-22(12-19)31(35,36)37)43-28(41)39(17)16-20-15-29(3,4)10-9-24(20)25-8-7-23(14-26(25)42-6)38(5)18(2)40/h7-8,11-14,17,27H,9-10,15-16H2,1-6H3/t17-,27+/m0/s1. The van der Waals surface area contributed by atoms with Gasteiger partial charge in [0.15, 0.2) is 0 Å². The summed E-state index contributed by atoms with van der Waals surface area (Å²) in [5.41, 5.74) is -0.232. The first-order valence-corrected chi connectivity index (χ1v) is 13.7. The highest BCUT2D eigenvalue weighted by Gasteiger charge is 2.44. The Balaban J connectivity index is 1.73. The number of amides is 2. The molecule has 2 atom stereocenters. The Kier molecular flexibility index (Phi) is 8.56. The van der Waals surface area contributed by atoms with Crippen molar-refractivity contribution in [2.75, 3.05) is 25.6 Å². The topological polar surface area (TPSA) is 59.1 Å². The van der Waals surface area contributed by atoms with Crippen LogP contribution in [0, 0.1) is 5.41 Å². The van der Waals surface area contributed by atoms with E-state index in [0.717, 1.165) is 23.1 Å². The fourth-order valence-corrected chi connectivity index (χ4v) is 5.72. The molecule has 12 heteroatoms. The van der Waals surface area contributed by atoms with E-state index in [1.165, 1.54) is 23.8 Å². The highest BCUT2D eigenvalue weighted by Crippen LogP contribution is 2.47. The van der Waals surface area contributed by atoms with E-state index in [-0.39, 0.29) is 29.5 Å². The van der Waals surface area contributed by atoms with Crippen LogP contribution in [0.15, 0.2) is 42.0 Å². The van der Waals surface area contributed by atoms with Crippen LogP contribution in [-0.2, 0) is 21.9 Å².